The van der Waals surface area contributed by atoms with Crippen molar-refractivity contribution in [3.05, 3.63) is 36.4 Å². The molecule has 1 aliphatic rings. The smallest absolute Gasteiger partial charge is 0.223 e. The summed E-state index contributed by atoms with van der Waals surface area (Å²) in [7, 11) is -3.28. The predicted octanol–water partition coefficient (Wildman–Crippen LogP) is 2.38. The predicted molar refractivity (Wildman–Crippen MR) is 110 cm³/mol. The maximum Gasteiger partial charge on any atom is 0.223 e. The van der Waals surface area contributed by atoms with Crippen molar-refractivity contribution in [3.63, 3.8) is 0 Å². The van der Waals surface area contributed by atoms with Gasteiger partial charge in [0.1, 0.15) is 14.9 Å². The number of aromatic nitrogens is 4. The highest BCUT2D eigenvalue weighted by molar-refractivity contribution is 14.1. The molecule has 0 aliphatic carbocycles. The van der Waals surface area contributed by atoms with Crippen molar-refractivity contribution in [2.75, 3.05) is 16.8 Å². The molecule has 3 aromatic rings. The number of halogens is 1. The molecule has 140 valence electrons. The van der Waals surface area contributed by atoms with Gasteiger partial charge in [-0.15, -0.1) is 0 Å². The monoisotopic (exact) mass is 496 g/mol. The van der Waals surface area contributed by atoms with Gasteiger partial charge >= 0.3 is 0 Å². The van der Waals surface area contributed by atoms with Crippen LogP contribution in [-0.4, -0.2) is 49.3 Å². The van der Waals surface area contributed by atoms with Crippen LogP contribution in [0.2, 0.25) is 0 Å². The van der Waals surface area contributed by atoms with Crippen molar-refractivity contribution in [2.45, 2.75) is 18.9 Å². The van der Waals surface area contributed by atoms with Gasteiger partial charge in [0.05, 0.1) is 18.7 Å². The molecule has 0 bridgehead atoms. The lowest BCUT2D eigenvalue weighted by atomic mass is 9.89. The number of sulfonamides is 1. The third kappa shape index (κ3) is 2.94. The summed E-state index contributed by atoms with van der Waals surface area (Å²) >= 11 is 1.85. The van der Waals surface area contributed by atoms with E-state index in [4.69, 9.17) is 0 Å². The molecule has 0 atom stereocenters. The largest absolute Gasteiger partial charge is 0.346 e. The van der Waals surface area contributed by atoms with Gasteiger partial charge in [-0.05, 0) is 18.6 Å². The first-order chi connectivity index (χ1) is 12.9. The summed E-state index contributed by atoms with van der Waals surface area (Å²) in [4.78, 5) is 7.50. The number of nitrogens with one attached hydrogen (secondary N) is 1. The molecular formula is C17H17IN6O2S. The number of alkyl halides is 1. The highest BCUT2D eigenvalue weighted by Gasteiger charge is 2.49. The number of nitrogens with zero attached hydrogens (tertiary/aromatic N) is 5. The Kier molecular flexibility index (Phi) is 4.48. The van der Waals surface area contributed by atoms with Crippen molar-refractivity contribution in [1.29, 1.82) is 5.26 Å². The maximum absolute atomic E-state index is 12.1. The Hall–Kier alpha value is -1.97. The zero-order chi connectivity index (χ0) is 19.2. The molecule has 0 radical (unpaired) electrons. The lowest BCUT2D eigenvalue weighted by Gasteiger charge is -2.47. The second kappa shape index (κ2) is 6.57. The fourth-order valence-corrected chi connectivity index (χ4v) is 5.76. The summed E-state index contributed by atoms with van der Waals surface area (Å²) in [6.45, 7) is 2.53. The van der Waals surface area contributed by atoms with Gasteiger partial charge in [0.15, 0.2) is 0 Å². The highest BCUT2D eigenvalue weighted by atomic mass is 127. The first kappa shape index (κ1) is 18.4. The van der Waals surface area contributed by atoms with Gasteiger partial charge in [-0.2, -0.15) is 14.7 Å². The number of pyridine rings is 1. The minimum absolute atomic E-state index is 0.0272. The van der Waals surface area contributed by atoms with Crippen LogP contribution >= 0.6 is 22.6 Å². The average Bonchev–Trinajstić information content (AvgIpc) is 3.27. The number of hydrogen-bond donors (Lipinski definition) is 1. The molecule has 0 spiro atoms. The molecule has 1 saturated heterocycles. The van der Waals surface area contributed by atoms with E-state index >= 15 is 0 Å². The van der Waals surface area contributed by atoms with E-state index in [1.54, 1.807) is 10.9 Å². The normalized spacial score (nSPS) is 16.9. The summed E-state index contributed by atoms with van der Waals surface area (Å²) in [5, 5.41) is 14.8. The quantitative estimate of drug-likeness (QED) is 0.431. The summed E-state index contributed by atoms with van der Waals surface area (Å²) < 4.78 is 27.4. The third-order valence-corrected chi connectivity index (χ3v) is 8.70. The summed E-state index contributed by atoms with van der Waals surface area (Å²) in [6.07, 6.45) is 7.54. The Bertz CT molecular complexity index is 1150. The van der Waals surface area contributed by atoms with E-state index in [2.05, 4.69) is 21.1 Å². The lowest BCUT2D eigenvalue weighted by Crippen LogP contribution is -2.64. The van der Waals surface area contributed by atoms with E-state index in [0.717, 1.165) is 27.7 Å². The maximum atomic E-state index is 12.1. The molecule has 0 aromatic carbocycles. The van der Waals surface area contributed by atoms with Crippen molar-refractivity contribution in [2.24, 2.45) is 0 Å². The second-order valence-corrected chi connectivity index (χ2v) is 10.5. The van der Waals surface area contributed by atoms with Gasteiger partial charge < -0.3 is 4.98 Å². The van der Waals surface area contributed by atoms with Gasteiger partial charge in [0.25, 0.3) is 0 Å². The molecule has 0 amide bonds. The van der Waals surface area contributed by atoms with Gasteiger partial charge in [-0.3, -0.25) is 4.68 Å². The SMILES string of the molecule is Cc1cnc2[nH]ccc2c1-c1cnn(C2(CC#N)CN(S(=O)(=O)CI)C2)c1. The van der Waals surface area contributed by atoms with Crippen LogP contribution in [0.3, 0.4) is 0 Å². The van der Waals surface area contributed by atoms with E-state index in [-0.39, 0.29) is 23.3 Å². The van der Waals surface area contributed by atoms with Crippen molar-refractivity contribution >= 4 is 43.6 Å². The number of hydrogen-bond acceptors (Lipinski definition) is 5. The first-order valence-corrected chi connectivity index (χ1v) is 11.4. The Labute approximate surface area is 170 Å². The minimum Gasteiger partial charge on any atom is -0.346 e. The van der Waals surface area contributed by atoms with Gasteiger partial charge in [-0.25, -0.2) is 13.4 Å². The van der Waals surface area contributed by atoms with Crippen LogP contribution in [0.5, 0.6) is 0 Å². The van der Waals surface area contributed by atoms with E-state index in [1.807, 2.05) is 54.2 Å². The van der Waals surface area contributed by atoms with Crippen LogP contribution in [-0.2, 0) is 15.6 Å². The number of aromatic amines is 1. The standard InChI is InChI=1S/C17H17IN6O2S/c1-12-6-21-16-14(2-5-20-16)15(12)13-7-22-24(8-13)17(3-4-19)9-23(10-17)27(25,26)11-18/h2,5-8H,3,9-11H2,1H3,(H,20,21). The van der Waals surface area contributed by atoms with Gasteiger partial charge in [0.2, 0.25) is 10.0 Å². The fraction of sp³-hybridized carbons (Fsp3) is 0.353. The molecule has 4 rings (SSSR count). The zero-order valence-electron chi connectivity index (χ0n) is 14.6. The number of H-pyrrole nitrogens is 1. The lowest BCUT2D eigenvalue weighted by molar-refractivity contribution is 0.0723. The molecule has 0 unspecified atom stereocenters. The fourth-order valence-electron chi connectivity index (χ4n) is 3.56. The van der Waals surface area contributed by atoms with E-state index in [1.165, 1.54) is 4.31 Å². The first-order valence-electron chi connectivity index (χ1n) is 8.29. The van der Waals surface area contributed by atoms with Crippen LogP contribution in [0, 0.1) is 18.3 Å². The number of fused-ring (bicyclic) bond motifs is 1. The number of aryl methyl sites for hydroxylation is 1. The second-order valence-electron chi connectivity index (χ2n) is 6.78. The Morgan fingerprint density at radius 3 is 2.89 bits per heavy atom. The summed E-state index contributed by atoms with van der Waals surface area (Å²) in [6, 6.07) is 4.16. The summed E-state index contributed by atoms with van der Waals surface area (Å²) in [5.41, 5.74) is 3.17. The van der Waals surface area contributed by atoms with Crippen LogP contribution < -0.4 is 0 Å². The molecule has 27 heavy (non-hydrogen) atoms. The van der Waals surface area contributed by atoms with Crippen molar-refractivity contribution < 1.29 is 8.42 Å². The van der Waals surface area contributed by atoms with Gasteiger partial charge in [-0.1, -0.05) is 22.6 Å². The molecule has 4 heterocycles. The molecule has 1 N–H and O–H groups in total. The third-order valence-electron chi connectivity index (χ3n) is 5.01. The molecule has 0 saturated carbocycles. The average molecular weight is 496 g/mol. The highest BCUT2D eigenvalue weighted by Crippen LogP contribution is 2.37. The van der Waals surface area contributed by atoms with Crippen molar-refractivity contribution in [1.82, 2.24) is 24.1 Å². The zero-order valence-corrected chi connectivity index (χ0v) is 17.5. The van der Waals surface area contributed by atoms with Crippen LogP contribution in [0.1, 0.15) is 12.0 Å². The molecule has 8 nitrogen and oxygen atoms in total. The Morgan fingerprint density at radius 2 is 2.19 bits per heavy atom. The van der Waals surface area contributed by atoms with Gasteiger partial charge in [0, 0.05) is 48.2 Å². The molecule has 3 aromatic heterocycles. The topological polar surface area (TPSA) is 108 Å². The van der Waals surface area contributed by atoms with Crippen molar-refractivity contribution in [3.8, 4) is 17.2 Å². The van der Waals surface area contributed by atoms with Crippen LogP contribution in [0.4, 0.5) is 0 Å². The molecule has 10 heteroatoms. The molecule has 1 fully saturated rings. The van der Waals surface area contributed by atoms with Crippen LogP contribution in [0.25, 0.3) is 22.2 Å². The molecule has 1 aliphatic heterocycles. The molecular weight excluding hydrogens is 479 g/mol. The number of nitriles is 1. The summed E-state index contributed by atoms with van der Waals surface area (Å²) in [5.74, 6) is 0. The Morgan fingerprint density at radius 1 is 1.41 bits per heavy atom. The van der Waals surface area contributed by atoms with E-state index in [0.29, 0.717) is 0 Å². The number of rotatable bonds is 5. The van der Waals surface area contributed by atoms with Crippen LogP contribution in [0.15, 0.2) is 30.9 Å². The Balaban J connectivity index is 1.72. The van der Waals surface area contributed by atoms with E-state index < -0.39 is 15.6 Å². The minimum atomic E-state index is -3.28. The van der Waals surface area contributed by atoms with E-state index in [9.17, 15) is 13.7 Å².